The summed E-state index contributed by atoms with van der Waals surface area (Å²) in [7, 11) is 0. The van der Waals surface area contributed by atoms with Gasteiger partial charge in [0.15, 0.2) is 0 Å². The Morgan fingerprint density at radius 3 is 2.50 bits per heavy atom. The standard InChI is InChI=1S/C24H19BrClNO/c25-20-10-13-24(28-16-17-8-11-21(26)12-9-17)19(14-20)15-27-23-7-3-5-18-4-1-2-6-22(18)23/h1-14,27H,15-16H2. The maximum absolute atomic E-state index is 6.09. The molecule has 2 nitrogen and oxygen atoms in total. The monoisotopic (exact) mass is 451 g/mol. The zero-order chi connectivity index (χ0) is 19.3. The van der Waals surface area contributed by atoms with Gasteiger partial charge in [-0.2, -0.15) is 0 Å². The first kappa shape index (κ1) is 18.9. The fraction of sp³-hybridized carbons (Fsp3) is 0.0833. The number of nitrogens with one attached hydrogen (secondary N) is 1. The minimum absolute atomic E-state index is 0.500. The summed E-state index contributed by atoms with van der Waals surface area (Å²) in [6, 6.07) is 28.5. The Bertz CT molecular complexity index is 1090. The molecule has 0 unspecified atom stereocenters. The van der Waals surface area contributed by atoms with Crippen molar-refractivity contribution in [2.75, 3.05) is 5.32 Å². The molecule has 0 spiro atoms. The molecular formula is C24H19BrClNO. The summed E-state index contributed by atoms with van der Waals surface area (Å²) in [6.07, 6.45) is 0. The van der Waals surface area contributed by atoms with Crippen LogP contribution in [-0.2, 0) is 13.2 Å². The molecule has 0 aromatic heterocycles. The molecule has 140 valence electrons. The quantitative estimate of drug-likeness (QED) is 0.328. The van der Waals surface area contributed by atoms with E-state index in [0.717, 1.165) is 32.1 Å². The van der Waals surface area contributed by atoms with Crippen molar-refractivity contribution in [1.82, 2.24) is 0 Å². The molecule has 0 aliphatic carbocycles. The average Bonchev–Trinajstić information content (AvgIpc) is 2.72. The Kier molecular flexibility index (Phi) is 5.84. The maximum Gasteiger partial charge on any atom is 0.124 e. The largest absolute Gasteiger partial charge is 0.489 e. The molecule has 0 radical (unpaired) electrons. The van der Waals surface area contributed by atoms with E-state index in [1.165, 1.54) is 10.8 Å². The van der Waals surface area contributed by atoms with Gasteiger partial charge in [0.25, 0.3) is 0 Å². The van der Waals surface area contributed by atoms with E-state index >= 15 is 0 Å². The molecule has 4 aromatic rings. The van der Waals surface area contributed by atoms with Gasteiger partial charge >= 0.3 is 0 Å². The molecule has 0 saturated carbocycles. The first-order valence-corrected chi connectivity index (χ1v) is 10.2. The predicted octanol–water partition coefficient (Wildman–Crippen LogP) is 7.45. The summed E-state index contributed by atoms with van der Waals surface area (Å²) < 4.78 is 7.12. The fourth-order valence-electron chi connectivity index (χ4n) is 3.14. The van der Waals surface area contributed by atoms with E-state index < -0.39 is 0 Å². The molecular weight excluding hydrogens is 434 g/mol. The fourth-order valence-corrected chi connectivity index (χ4v) is 3.67. The molecule has 0 heterocycles. The third kappa shape index (κ3) is 4.49. The molecule has 4 heteroatoms. The van der Waals surface area contributed by atoms with Crippen molar-refractivity contribution in [2.24, 2.45) is 0 Å². The topological polar surface area (TPSA) is 21.3 Å². The maximum atomic E-state index is 6.09. The summed E-state index contributed by atoms with van der Waals surface area (Å²) in [5.41, 5.74) is 3.29. The van der Waals surface area contributed by atoms with Crippen molar-refractivity contribution < 1.29 is 4.74 Å². The SMILES string of the molecule is Clc1ccc(COc2ccc(Br)cc2CNc2cccc3ccccc23)cc1. The molecule has 0 bridgehead atoms. The van der Waals surface area contributed by atoms with Crippen molar-refractivity contribution in [3.8, 4) is 5.75 Å². The molecule has 0 aliphatic heterocycles. The van der Waals surface area contributed by atoms with Crippen molar-refractivity contribution in [3.63, 3.8) is 0 Å². The van der Waals surface area contributed by atoms with E-state index in [1.54, 1.807) is 0 Å². The van der Waals surface area contributed by atoms with Crippen molar-refractivity contribution in [3.05, 3.63) is 106 Å². The molecule has 0 amide bonds. The van der Waals surface area contributed by atoms with Crippen LogP contribution in [0.4, 0.5) is 5.69 Å². The first-order valence-electron chi connectivity index (χ1n) is 9.06. The second-order valence-corrected chi connectivity index (χ2v) is 7.90. The molecule has 4 rings (SSSR count). The number of rotatable bonds is 6. The Morgan fingerprint density at radius 1 is 0.857 bits per heavy atom. The van der Waals surface area contributed by atoms with Crippen LogP contribution >= 0.6 is 27.5 Å². The first-order chi connectivity index (χ1) is 13.7. The Balaban J connectivity index is 1.52. The lowest BCUT2D eigenvalue weighted by atomic mass is 10.1. The highest BCUT2D eigenvalue weighted by Crippen LogP contribution is 2.28. The van der Waals surface area contributed by atoms with Crippen LogP contribution < -0.4 is 10.1 Å². The summed E-state index contributed by atoms with van der Waals surface area (Å²) >= 11 is 9.53. The highest BCUT2D eigenvalue weighted by Gasteiger charge is 2.07. The van der Waals surface area contributed by atoms with E-state index in [-0.39, 0.29) is 0 Å². The predicted molar refractivity (Wildman–Crippen MR) is 121 cm³/mol. The molecule has 0 fully saturated rings. The molecule has 4 aromatic carbocycles. The van der Waals surface area contributed by atoms with Crippen LogP contribution in [0.25, 0.3) is 10.8 Å². The number of ether oxygens (including phenoxy) is 1. The van der Waals surface area contributed by atoms with Gasteiger partial charge in [0.1, 0.15) is 12.4 Å². The second kappa shape index (κ2) is 8.68. The lowest BCUT2D eigenvalue weighted by Crippen LogP contribution is -2.04. The van der Waals surface area contributed by atoms with E-state index in [4.69, 9.17) is 16.3 Å². The van der Waals surface area contributed by atoms with Gasteiger partial charge in [0, 0.05) is 32.7 Å². The highest BCUT2D eigenvalue weighted by molar-refractivity contribution is 9.10. The van der Waals surface area contributed by atoms with Gasteiger partial charge in [-0.3, -0.25) is 0 Å². The number of benzene rings is 4. The Labute approximate surface area is 178 Å². The smallest absolute Gasteiger partial charge is 0.124 e. The molecule has 0 atom stereocenters. The van der Waals surface area contributed by atoms with Crippen molar-refractivity contribution in [2.45, 2.75) is 13.2 Å². The summed E-state index contributed by atoms with van der Waals surface area (Å²) in [5.74, 6) is 0.867. The molecule has 0 aliphatic rings. The third-order valence-corrected chi connectivity index (χ3v) is 5.33. The average molecular weight is 453 g/mol. The Morgan fingerprint density at radius 2 is 1.64 bits per heavy atom. The van der Waals surface area contributed by atoms with Crippen LogP contribution in [0.1, 0.15) is 11.1 Å². The van der Waals surface area contributed by atoms with Crippen LogP contribution in [0.3, 0.4) is 0 Å². The minimum atomic E-state index is 0.500. The van der Waals surface area contributed by atoms with E-state index in [2.05, 4.69) is 69.8 Å². The van der Waals surface area contributed by atoms with Crippen LogP contribution in [0.2, 0.25) is 5.02 Å². The van der Waals surface area contributed by atoms with Gasteiger partial charge in [0.2, 0.25) is 0 Å². The number of anilines is 1. The summed E-state index contributed by atoms with van der Waals surface area (Å²) in [4.78, 5) is 0. The number of hydrogen-bond donors (Lipinski definition) is 1. The molecule has 0 saturated heterocycles. The number of hydrogen-bond acceptors (Lipinski definition) is 2. The third-order valence-electron chi connectivity index (χ3n) is 4.59. The van der Waals surface area contributed by atoms with Gasteiger partial charge in [0.05, 0.1) is 0 Å². The highest BCUT2D eigenvalue weighted by atomic mass is 79.9. The van der Waals surface area contributed by atoms with Crippen LogP contribution in [0.5, 0.6) is 5.75 Å². The zero-order valence-corrected chi connectivity index (χ0v) is 17.5. The van der Waals surface area contributed by atoms with Gasteiger partial charge in [-0.05, 0) is 47.3 Å². The van der Waals surface area contributed by atoms with E-state index in [1.807, 2.05) is 36.4 Å². The summed E-state index contributed by atoms with van der Waals surface area (Å²) in [5, 5.41) is 6.72. The zero-order valence-electron chi connectivity index (χ0n) is 15.2. The van der Waals surface area contributed by atoms with Crippen LogP contribution in [0.15, 0.2) is 89.4 Å². The van der Waals surface area contributed by atoms with Crippen molar-refractivity contribution in [1.29, 1.82) is 0 Å². The van der Waals surface area contributed by atoms with Crippen molar-refractivity contribution >= 4 is 44.0 Å². The van der Waals surface area contributed by atoms with Gasteiger partial charge < -0.3 is 10.1 Å². The van der Waals surface area contributed by atoms with Crippen LogP contribution in [-0.4, -0.2) is 0 Å². The minimum Gasteiger partial charge on any atom is -0.489 e. The molecule has 1 N–H and O–H groups in total. The molecule has 28 heavy (non-hydrogen) atoms. The number of fused-ring (bicyclic) bond motifs is 1. The number of halogens is 2. The van der Waals surface area contributed by atoms with Crippen LogP contribution in [0, 0.1) is 0 Å². The normalized spacial score (nSPS) is 10.8. The van der Waals surface area contributed by atoms with Gasteiger partial charge in [-0.25, -0.2) is 0 Å². The van der Waals surface area contributed by atoms with Gasteiger partial charge in [-0.1, -0.05) is 76.1 Å². The second-order valence-electron chi connectivity index (χ2n) is 6.55. The lowest BCUT2D eigenvalue weighted by Gasteiger charge is -2.15. The lowest BCUT2D eigenvalue weighted by molar-refractivity contribution is 0.303. The van der Waals surface area contributed by atoms with Gasteiger partial charge in [-0.15, -0.1) is 0 Å². The Hall–Kier alpha value is -2.49. The van der Waals surface area contributed by atoms with E-state index in [9.17, 15) is 0 Å². The summed E-state index contributed by atoms with van der Waals surface area (Å²) in [6.45, 7) is 1.17. The van der Waals surface area contributed by atoms with E-state index in [0.29, 0.717) is 13.2 Å².